The molecule has 2 atom stereocenters. The molecule has 0 saturated carbocycles. The highest BCUT2D eigenvalue weighted by Crippen LogP contribution is 2.49. The Balaban J connectivity index is 1.48. The fourth-order valence-electron chi connectivity index (χ4n) is 4.44. The molecule has 4 nitrogen and oxygen atoms in total. The number of aliphatic hydroxyl groups is 1. The molecule has 0 radical (unpaired) electrons. The molecule has 3 N–H and O–H groups in total. The monoisotopic (exact) mass is 348 g/mol. The number of carbonyl (C=O) groups is 1. The number of piperidine rings is 1. The molecule has 2 aromatic rings. The summed E-state index contributed by atoms with van der Waals surface area (Å²) in [6, 6.07) is 17.5. The normalized spacial score (nSPS) is 24.2. The van der Waals surface area contributed by atoms with E-state index in [2.05, 4.69) is 6.07 Å². The molecular formula is C22H24N2O2. The lowest BCUT2D eigenvalue weighted by molar-refractivity contribution is -0.128. The van der Waals surface area contributed by atoms with Crippen LogP contribution in [0.3, 0.4) is 0 Å². The van der Waals surface area contributed by atoms with Crippen molar-refractivity contribution in [2.75, 3.05) is 13.1 Å². The van der Waals surface area contributed by atoms with E-state index >= 15 is 0 Å². The third-order valence-electron chi connectivity index (χ3n) is 5.95. The lowest BCUT2D eigenvalue weighted by Gasteiger charge is -2.42. The van der Waals surface area contributed by atoms with Crippen molar-refractivity contribution < 1.29 is 9.90 Å². The highest BCUT2D eigenvalue weighted by atomic mass is 16.3. The lowest BCUT2D eigenvalue weighted by atomic mass is 9.72. The zero-order valence-corrected chi connectivity index (χ0v) is 14.7. The fourth-order valence-corrected chi connectivity index (χ4v) is 4.44. The van der Waals surface area contributed by atoms with Gasteiger partial charge >= 0.3 is 0 Å². The minimum Gasteiger partial charge on any atom is -0.390 e. The zero-order chi connectivity index (χ0) is 18.1. The molecule has 0 unspecified atom stereocenters. The second-order valence-corrected chi connectivity index (χ2v) is 7.28. The quantitative estimate of drug-likeness (QED) is 0.820. The van der Waals surface area contributed by atoms with E-state index in [1.165, 1.54) is 0 Å². The molecule has 0 bridgehead atoms. The first kappa shape index (κ1) is 17.0. The van der Waals surface area contributed by atoms with E-state index < -0.39 is 6.10 Å². The molecule has 1 spiro atoms. The van der Waals surface area contributed by atoms with Crippen LogP contribution in [-0.4, -0.2) is 35.1 Å². The smallest absolute Gasteiger partial charge is 0.246 e. The molecule has 1 saturated heterocycles. The predicted octanol–water partition coefficient (Wildman–Crippen LogP) is 2.63. The topological polar surface area (TPSA) is 66.6 Å². The van der Waals surface area contributed by atoms with Gasteiger partial charge in [0, 0.05) is 24.6 Å². The molecule has 4 rings (SSSR count). The van der Waals surface area contributed by atoms with Crippen LogP contribution in [-0.2, 0) is 10.2 Å². The first-order chi connectivity index (χ1) is 12.6. The van der Waals surface area contributed by atoms with E-state index in [0.29, 0.717) is 13.1 Å². The summed E-state index contributed by atoms with van der Waals surface area (Å²) in [4.78, 5) is 14.4. The molecule has 1 amide bonds. The summed E-state index contributed by atoms with van der Waals surface area (Å²) in [7, 11) is 0. The van der Waals surface area contributed by atoms with Crippen LogP contribution in [0.1, 0.15) is 35.6 Å². The number of hydrogen-bond acceptors (Lipinski definition) is 3. The average molecular weight is 348 g/mol. The van der Waals surface area contributed by atoms with Crippen molar-refractivity contribution >= 4 is 12.0 Å². The maximum absolute atomic E-state index is 12.5. The van der Waals surface area contributed by atoms with Crippen LogP contribution >= 0.6 is 0 Å². The first-order valence-corrected chi connectivity index (χ1v) is 9.17. The van der Waals surface area contributed by atoms with Crippen LogP contribution in [0.2, 0.25) is 0 Å². The zero-order valence-electron chi connectivity index (χ0n) is 14.7. The molecule has 1 heterocycles. The Labute approximate surface area is 153 Å². The minimum atomic E-state index is -0.586. The maximum Gasteiger partial charge on any atom is 0.246 e. The average Bonchev–Trinajstić information content (AvgIpc) is 2.90. The number of nitrogens with two attached hydrogens (primary N) is 1. The largest absolute Gasteiger partial charge is 0.390 e. The van der Waals surface area contributed by atoms with Crippen LogP contribution in [0.4, 0.5) is 0 Å². The fraction of sp³-hybridized carbons (Fsp3) is 0.318. The SMILES string of the molecule is N[C@H]1c2ccccc2C2(CCN(C(=O)/C=C/c3ccccc3)CC2)[C@@H]1O. The van der Waals surface area contributed by atoms with Crippen molar-refractivity contribution in [3.05, 3.63) is 77.4 Å². The third kappa shape index (κ3) is 2.75. The van der Waals surface area contributed by atoms with E-state index in [1.54, 1.807) is 6.08 Å². The van der Waals surface area contributed by atoms with E-state index in [-0.39, 0.29) is 17.4 Å². The summed E-state index contributed by atoms with van der Waals surface area (Å²) in [5, 5.41) is 10.8. The molecule has 1 aliphatic heterocycles. The van der Waals surface area contributed by atoms with Crippen molar-refractivity contribution in [2.45, 2.75) is 30.4 Å². The summed E-state index contributed by atoms with van der Waals surface area (Å²) >= 11 is 0. The number of nitrogens with zero attached hydrogens (tertiary/aromatic N) is 1. The van der Waals surface area contributed by atoms with Gasteiger partial charge in [-0.05, 0) is 35.6 Å². The minimum absolute atomic E-state index is 0.0220. The van der Waals surface area contributed by atoms with Gasteiger partial charge < -0.3 is 15.7 Å². The van der Waals surface area contributed by atoms with Crippen molar-refractivity contribution in [3.8, 4) is 0 Å². The molecule has 4 heteroatoms. The van der Waals surface area contributed by atoms with Crippen molar-refractivity contribution in [1.29, 1.82) is 0 Å². The van der Waals surface area contributed by atoms with Gasteiger partial charge in [0.2, 0.25) is 5.91 Å². The van der Waals surface area contributed by atoms with Gasteiger partial charge in [-0.15, -0.1) is 0 Å². The Morgan fingerprint density at radius 3 is 2.46 bits per heavy atom. The summed E-state index contributed by atoms with van der Waals surface area (Å²) in [6.45, 7) is 1.27. The van der Waals surface area contributed by atoms with Crippen molar-refractivity contribution in [2.24, 2.45) is 5.73 Å². The predicted molar refractivity (Wildman–Crippen MR) is 102 cm³/mol. The molecule has 134 valence electrons. The van der Waals surface area contributed by atoms with Crippen LogP contribution < -0.4 is 5.73 Å². The second kappa shape index (κ2) is 6.71. The summed E-state index contributed by atoms with van der Waals surface area (Å²) in [5.41, 5.74) is 9.16. The van der Waals surface area contributed by atoms with Gasteiger partial charge in [0.15, 0.2) is 0 Å². The van der Waals surface area contributed by atoms with Gasteiger partial charge in [-0.2, -0.15) is 0 Å². The van der Waals surface area contributed by atoms with E-state index in [9.17, 15) is 9.90 Å². The van der Waals surface area contributed by atoms with Crippen molar-refractivity contribution in [1.82, 2.24) is 4.90 Å². The Morgan fingerprint density at radius 2 is 1.73 bits per heavy atom. The van der Waals surface area contributed by atoms with Crippen LogP contribution in [0.25, 0.3) is 6.08 Å². The van der Waals surface area contributed by atoms with E-state index in [4.69, 9.17) is 5.73 Å². The standard InChI is InChI=1S/C22H24N2O2/c23-20-17-8-4-5-9-18(17)22(21(20)26)12-14-24(15-13-22)19(25)11-10-16-6-2-1-3-7-16/h1-11,20-21,26H,12-15,23H2/b11-10+/t20-,21+/m0/s1. The first-order valence-electron chi connectivity index (χ1n) is 9.17. The molecule has 0 aromatic heterocycles. The molecule has 1 aliphatic carbocycles. The Hall–Kier alpha value is -2.43. The number of hydrogen-bond donors (Lipinski definition) is 2. The molecule has 26 heavy (non-hydrogen) atoms. The van der Waals surface area contributed by atoms with E-state index in [1.807, 2.05) is 59.5 Å². The van der Waals surface area contributed by atoms with Gasteiger partial charge in [-0.1, -0.05) is 54.6 Å². The van der Waals surface area contributed by atoms with Crippen LogP contribution in [0.5, 0.6) is 0 Å². The van der Waals surface area contributed by atoms with Gasteiger partial charge in [0.25, 0.3) is 0 Å². The van der Waals surface area contributed by atoms with Crippen molar-refractivity contribution in [3.63, 3.8) is 0 Å². The Bertz CT molecular complexity index is 823. The number of fused-ring (bicyclic) bond motifs is 2. The number of carbonyl (C=O) groups excluding carboxylic acids is 1. The Kier molecular flexibility index (Phi) is 4.39. The third-order valence-corrected chi connectivity index (χ3v) is 5.95. The molecule has 2 aliphatic rings. The molecule has 1 fully saturated rings. The van der Waals surface area contributed by atoms with E-state index in [0.717, 1.165) is 29.5 Å². The maximum atomic E-state index is 12.5. The second-order valence-electron chi connectivity index (χ2n) is 7.28. The Morgan fingerprint density at radius 1 is 1.08 bits per heavy atom. The van der Waals surface area contributed by atoms with Gasteiger partial charge in [0.05, 0.1) is 12.1 Å². The van der Waals surface area contributed by atoms with Gasteiger partial charge in [-0.25, -0.2) is 0 Å². The number of likely N-dealkylation sites (tertiary alicyclic amines) is 1. The lowest BCUT2D eigenvalue weighted by Crippen LogP contribution is -2.49. The number of rotatable bonds is 2. The van der Waals surface area contributed by atoms with Gasteiger partial charge in [0.1, 0.15) is 0 Å². The van der Waals surface area contributed by atoms with Gasteiger partial charge in [-0.3, -0.25) is 4.79 Å². The molecule has 2 aromatic carbocycles. The highest BCUT2D eigenvalue weighted by molar-refractivity contribution is 5.91. The van der Waals surface area contributed by atoms with Crippen LogP contribution in [0.15, 0.2) is 60.7 Å². The summed E-state index contributed by atoms with van der Waals surface area (Å²) < 4.78 is 0. The summed E-state index contributed by atoms with van der Waals surface area (Å²) in [6.07, 6.45) is 4.38. The number of benzene rings is 2. The summed E-state index contributed by atoms with van der Waals surface area (Å²) in [5.74, 6) is 0.0220. The van der Waals surface area contributed by atoms with Crippen LogP contribution in [0, 0.1) is 0 Å². The number of aliphatic hydroxyl groups excluding tert-OH is 1. The number of amides is 1. The highest BCUT2D eigenvalue weighted by Gasteiger charge is 2.51. The molecular weight excluding hydrogens is 324 g/mol.